The van der Waals surface area contributed by atoms with E-state index in [0.717, 1.165) is 0 Å². The van der Waals surface area contributed by atoms with Gasteiger partial charge in [0.2, 0.25) is 5.88 Å². The molecule has 30 heavy (non-hydrogen) atoms. The second kappa shape index (κ2) is 10.0. The van der Waals surface area contributed by atoms with Gasteiger partial charge >= 0.3 is 12.5 Å². The van der Waals surface area contributed by atoms with Crippen molar-refractivity contribution < 1.29 is 35.8 Å². The molecule has 0 saturated heterocycles. The van der Waals surface area contributed by atoms with E-state index in [2.05, 4.69) is 25.3 Å². The Morgan fingerprint density at radius 3 is 2.23 bits per heavy atom. The molecule has 0 unspecified atom stereocenters. The number of pyridine rings is 1. The summed E-state index contributed by atoms with van der Waals surface area (Å²) in [6.07, 6.45) is -8.05. The number of ether oxygens (including phenoxy) is 2. The lowest BCUT2D eigenvalue weighted by atomic mass is 10.2. The van der Waals surface area contributed by atoms with E-state index in [0.29, 0.717) is 5.56 Å². The van der Waals surface area contributed by atoms with E-state index in [1.807, 2.05) is 0 Å². The van der Waals surface area contributed by atoms with Gasteiger partial charge in [-0.3, -0.25) is 4.99 Å². The molecule has 0 bridgehead atoms. The van der Waals surface area contributed by atoms with Crippen LogP contribution in [-0.2, 0) is 13.1 Å². The van der Waals surface area contributed by atoms with Crippen LogP contribution in [0.1, 0.15) is 11.1 Å². The topological polar surface area (TPSA) is 67.8 Å². The molecule has 2 rings (SSSR count). The number of aliphatic imine (C=N–C) groups is 1. The fourth-order valence-corrected chi connectivity index (χ4v) is 2.29. The minimum absolute atomic E-state index is 0.0153. The van der Waals surface area contributed by atoms with Crippen LogP contribution >= 0.6 is 0 Å². The zero-order valence-corrected chi connectivity index (χ0v) is 15.6. The summed E-state index contributed by atoms with van der Waals surface area (Å²) in [7, 11) is 1.43. The number of rotatable bonds is 7. The number of nitrogens with zero attached hydrogens (tertiary/aromatic N) is 2. The standard InChI is InChI=1S/C18H18F6N4O2/c1-25-16(27-9-12-5-2-3-7-14(12)30-18(22,23)24)28-10-13-6-4-8-26-15(13)29-11-17(19,20)21/h2-8H,9-11H2,1H3,(H2,25,27,28). The summed E-state index contributed by atoms with van der Waals surface area (Å²) in [6, 6.07) is 8.63. The SMILES string of the molecule is CN=C(NCc1ccccc1OC(F)(F)F)NCc1cccnc1OCC(F)(F)F. The molecule has 1 aromatic heterocycles. The lowest BCUT2D eigenvalue weighted by molar-refractivity contribution is -0.274. The summed E-state index contributed by atoms with van der Waals surface area (Å²) in [5.41, 5.74) is 0.568. The first-order valence-corrected chi connectivity index (χ1v) is 8.49. The van der Waals surface area contributed by atoms with E-state index < -0.39 is 19.1 Å². The van der Waals surface area contributed by atoms with E-state index in [1.54, 1.807) is 6.07 Å². The largest absolute Gasteiger partial charge is 0.573 e. The summed E-state index contributed by atoms with van der Waals surface area (Å²) in [5.74, 6) is -0.354. The minimum Gasteiger partial charge on any atom is -0.468 e. The highest BCUT2D eigenvalue weighted by Gasteiger charge is 2.32. The molecule has 0 amide bonds. The fourth-order valence-electron chi connectivity index (χ4n) is 2.29. The molecule has 164 valence electrons. The maximum absolute atomic E-state index is 12.5. The Balaban J connectivity index is 1.97. The third-order valence-electron chi connectivity index (χ3n) is 3.54. The van der Waals surface area contributed by atoms with Gasteiger partial charge < -0.3 is 20.1 Å². The number of hydrogen-bond donors (Lipinski definition) is 2. The number of alkyl halides is 6. The number of aromatic nitrogens is 1. The molecule has 1 aromatic carbocycles. The summed E-state index contributed by atoms with van der Waals surface area (Å²) in [4.78, 5) is 7.71. The summed E-state index contributed by atoms with van der Waals surface area (Å²) >= 11 is 0. The Morgan fingerprint density at radius 2 is 1.60 bits per heavy atom. The molecular formula is C18H18F6N4O2. The third kappa shape index (κ3) is 8.05. The number of hydrogen-bond acceptors (Lipinski definition) is 4. The molecule has 0 aliphatic heterocycles. The molecule has 12 heteroatoms. The first-order valence-electron chi connectivity index (χ1n) is 8.49. The first kappa shape index (κ1) is 23.1. The highest BCUT2D eigenvalue weighted by atomic mass is 19.4. The monoisotopic (exact) mass is 436 g/mol. The van der Waals surface area contributed by atoms with Crippen LogP contribution in [0, 0.1) is 0 Å². The summed E-state index contributed by atoms with van der Waals surface area (Å²) in [5, 5.41) is 5.64. The predicted molar refractivity (Wildman–Crippen MR) is 96.0 cm³/mol. The van der Waals surface area contributed by atoms with Crippen LogP contribution in [0.4, 0.5) is 26.3 Å². The van der Waals surface area contributed by atoms with E-state index >= 15 is 0 Å². The summed E-state index contributed by atoms with van der Waals surface area (Å²) in [6.45, 7) is -1.52. The Labute approximate surface area is 167 Å². The van der Waals surface area contributed by atoms with Crippen LogP contribution in [0.15, 0.2) is 47.6 Å². The van der Waals surface area contributed by atoms with Crippen LogP contribution in [0.5, 0.6) is 11.6 Å². The maximum atomic E-state index is 12.5. The van der Waals surface area contributed by atoms with Crippen LogP contribution in [0.3, 0.4) is 0 Å². The van der Waals surface area contributed by atoms with Crippen molar-refractivity contribution in [3.8, 4) is 11.6 Å². The third-order valence-corrected chi connectivity index (χ3v) is 3.54. The zero-order valence-electron chi connectivity index (χ0n) is 15.6. The number of para-hydroxylation sites is 1. The molecule has 0 aliphatic rings. The van der Waals surface area contributed by atoms with E-state index in [1.165, 1.54) is 43.6 Å². The van der Waals surface area contributed by atoms with Crippen LogP contribution in [-0.4, -0.2) is 37.1 Å². The van der Waals surface area contributed by atoms with Gasteiger partial charge in [0.05, 0.1) is 0 Å². The van der Waals surface area contributed by atoms with Crippen molar-refractivity contribution in [2.75, 3.05) is 13.7 Å². The highest BCUT2D eigenvalue weighted by Crippen LogP contribution is 2.26. The normalized spacial score (nSPS) is 12.4. The molecule has 2 N–H and O–H groups in total. The highest BCUT2D eigenvalue weighted by molar-refractivity contribution is 5.79. The molecule has 0 aliphatic carbocycles. The van der Waals surface area contributed by atoms with Crippen LogP contribution in [0.25, 0.3) is 0 Å². The van der Waals surface area contributed by atoms with Gasteiger partial charge in [0.15, 0.2) is 12.6 Å². The molecule has 0 saturated carbocycles. The van der Waals surface area contributed by atoms with Gasteiger partial charge in [0.1, 0.15) is 5.75 Å². The molecule has 0 radical (unpaired) electrons. The smallest absolute Gasteiger partial charge is 0.468 e. The second-order valence-electron chi connectivity index (χ2n) is 5.81. The Kier molecular flexibility index (Phi) is 7.72. The lowest BCUT2D eigenvalue weighted by Gasteiger charge is -2.16. The van der Waals surface area contributed by atoms with Crippen molar-refractivity contribution in [2.45, 2.75) is 25.6 Å². The predicted octanol–water partition coefficient (Wildman–Crippen LogP) is 3.79. The molecule has 0 atom stereocenters. The number of halogens is 6. The van der Waals surface area contributed by atoms with Gasteiger partial charge in [-0.25, -0.2) is 4.98 Å². The number of benzene rings is 1. The van der Waals surface area contributed by atoms with Crippen LogP contribution < -0.4 is 20.1 Å². The van der Waals surface area contributed by atoms with Crippen molar-refractivity contribution in [3.63, 3.8) is 0 Å². The first-order chi connectivity index (χ1) is 14.1. The average Bonchev–Trinajstić information content (AvgIpc) is 2.66. The molecule has 0 fully saturated rings. The summed E-state index contributed by atoms with van der Waals surface area (Å²) < 4.78 is 83.3. The molecule has 6 nitrogen and oxygen atoms in total. The fraction of sp³-hybridized carbons (Fsp3) is 0.333. The molecule has 0 spiro atoms. The Bertz CT molecular complexity index is 855. The molecule has 1 heterocycles. The van der Waals surface area contributed by atoms with Crippen molar-refractivity contribution in [3.05, 3.63) is 53.7 Å². The van der Waals surface area contributed by atoms with Crippen LogP contribution in [0.2, 0.25) is 0 Å². The quantitative estimate of drug-likeness (QED) is 0.393. The van der Waals surface area contributed by atoms with Crippen molar-refractivity contribution in [1.29, 1.82) is 0 Å². The molecular weight excluding hydrogens is 418 g/mol. The van der Waals surface area contributed by atoms with Gasteiger partial charge in [-0.2, -0.15) is 13.2 Å². The van der Waals surface area contributed by atoms with E-state index in [4.69, 9.17) is 4.74 Å². The van der Waals surface area contributed by atoms with Gasteiger partial charge in [-0.15, -0.1) is 13.2 Å². The van der Waals surface area contributed by atoms with E-state index in [-0.39, 0.29) is 36.2 Å². The van der Waals surface area contributed by atoms with Gasteiger partial charge in [0.25, 0.3) is 0 Å². The zero-order chi connectivity index (χ0) is 22.2. The molecule has 2 aromatic rings. The van der Waals surface area contributed by atoms with E-state index in [9.17, 15) is 26.3 Å². The van der Waals surface area contributed by atoms with Gasteiger partial charge in [-0.1, -0.05) is 24.3 Å². The van der Waals surface area contributed by atoms with Crippen molar-refractivity contribution in [1.82, 2.24) is 15.6 Å². The Morgan fingerprint density at radius 1 is 0.967 bits per heavy atom. The average molecular weight is 436 g/mol. The van der Waals surface area contributed by atoms with Gasteiger partial charge in [0, 0.05) is 37.5 Å². The Hall–Kier alpha value is -3.18. The maximum Gasteiger partial charge on any atom is 0.573 e. The minimum atomic E-state index is -4.83. The number of nitrogens with one attached hydrogen (secondary N) is 2. The number of guanidine groups is 1. The van der Waals surface area contributed by atoms with Gasteiger partial charge in [-0.05, 0) is 12.1 Å². The second-order valence-corrected chi connectivity index (χ2v) is 5.81. The van der Waals surface area contributed by atoms with Crippen molar-refractivity contribution >= 4 is 5.96 Å². The van der Waals surface area contributed by atoms with Crippen molar-refractivity contribution in [2.24, 2.45) is 4.99 Å². The lowest BCUT2D eigenvalue weighted by Crippen LogP contribution is -2.36.